The fraction of sp³-hybridized carbons (Fsp3) is 0.316. The number of sulfonamides is 1. The second-order valence-electron chi connectivity index (χ2n) is 6.41. The number of carbonyl (C=O) groups is 1. The Morgan fingerprint density at radius 2 is 1.61 bits per heavy atom. The summed E-state index contributed by atoms with van der Waals surface area (Å²) in [6.07, 6.45) is 0. The molecule has 0 atom stereocenters. The molecule has 3 rings (SSSR count). The molecule has 0 radical (unpaired) electrons. The minimum Gasteiger partial charge on any atom is -0.494 e. The Labute approximate surface area is 174 Å². The first kappa shape index (κ1) is 20.9. The van der Waals surface area contributed by atoms with Crippen molar-refractivity contribution in [2.24, 2.45) is 0 Å². The van der Waals surface area contributed by atoms with E-state index in [2.05, 4.69) is 0 Å². The summed E-state index contributed by atoms with van der Waals surface area (Å²) in [5.74, 6) is 0.0224. The van der Waals surface area contributed by atoms with E-state index in [1.165, 1.54) is 23.5 Å². The van der Waals surface area contributed by atoms with Crippen molar-refractivity contribution in [3.63, 3.8) is 0 Å². The molecular weight excluding hydrogens is 423 g/mol. The summed E-state index contributed by atoms with van der Waals surface area (Å²) in [7, 11) is -1.99. The van der Waals surface area contributed by atoms with Gasteiger partial charge in [-0.25, -0.2) is 8.42 Å². The first-order chi connectivity index (χ1) is 13.3. The molecule has 0 aliphatic carbocycles. The summed E-state index contributed by atoms with van der Waals surface area (Å²) in [6, 6.07) is 12.1. The Balaban J connectivity index is 1.66. The van der Waals surface area contributed by atoms with Gasteiger partial charge in [-0.1, -0.05) is 53.5 Å². The first-order valence-corrected chi connectivity index (χ1v) is 11.0. The lowest BCUT2D eigenvalue weighted by atomic mass is 10.1. The number of ether oxygens (including phenoxy) is 1. The van der Waals surface area contributed by atoms with Crippen LogP contribution in [0.25, 0.3) is 0 Å². The lowest BCUT2D eigenvalue weighted by Crippen LogP contribution is -2.50. The Bertz CT molecular complexity index is 936. The lowest BCUT2D eigenvalue weighted by molar-refractivity contribution is 0.0697. The Hall–Kier alpha value is -1.80. The molecule has 6 nitrogen and oxygen atoms in total. The lowest BCUT2D eigenvalue weighted by Gasteiger charge is -2.34. The van der Waals surface area contributed by atoms with Crippen molar-refractivity contribution in [1.82, 2.24) is 9.21 Å². The van der Waals surface area contributed by atoms with E-state index in [9.17, 15) is 13.2 Å². The second-order valence-corrected chi connectivity index (χ2v) is 9.19. The van der Waals surface area contributed by atoms with Crippen molar-refractivity contribution in [2.75, 3.05) is 33.3 Å². The monoisotopic (exact) mass is 442 g/mol. The van der Waals surface area contributed by atoms with E-state index < -0.39 is 10.0 Å². The zero-order valence-corrected chi connectivity index (χ0v) is 17.6. The average molecular weight is 443 g/mol. The van der Waals surface area contributed by atoms with Gasteiger partial charge in [0.1, 0.15) is 0 Å². The van der Waals surface area contributed by atoms with Crippen molar-refractivity contribution >= 4 is 39.1 Å². The largest absolute Gasteiger partial charge is 0.494 e. The Morgan fingerprint density at radius 3 is 2.14 bits per heavy atom. The van der Waals surface area contributed by atoms with Crippen LogP contribution in [0.3, 0.4) is 0 Å². The molecule has 28 heavy (non-hydrogen) atoms. The van der Waals surface area contributed by atoms with E-state index in [4.69, 9.17) is 27.9 Å². The summed E-state index contributed by atoms with van der Waals surface area (Å²) in [4.78, 5) is 14.4. The highest BCUT2D eigenvalue weighted by atomic mass is 35.5. The van der Waals surface area contributed by atoms with E-state index in [0.717, 1.165) is 5.56 Å². The van der Waals surface area contributed by atoms with Crippen LogP contribution in [0.4, 0.5) is 0 Å². The fourth-order valence-electron chi connectivity index (χ4n) is 3.11. The van der Waals surface area contributed by atoms with Crippen LogP contribution >= 0.6 is 23.2 Å². The van der Waals surface area contributed by atoms with Gasteiger partial charge in [0.15, 0.2) is 5.75 Å². The minimum absolute atomic E-state index is 0.0501. The molecule has 0 unspecified atom stereocenters. The normalized spacial score (nSPS) is 15.5. The third-order valence-corrected chi connectivity index (χ3v) is 6.97. The number of nitrogens with zero attached hydrogens (tertiary/aromatic N) is 2. The van der Waals surface area contributed by atoms with Crippen molar-refractivity contribution in [1.29, 1.82) is 0 Å². The number of benzene rings is 2. The maximum absolute atomic E-state index is 12.8. The van der Waals surface area contributed by atoms with Gasteiger partial charge in [0, 0.05) is 31.7 Å². The van der Waals surface area contributed by atoms with Crippen LogP contribution in [0.2, 0.25) is 10.0 Å². The van der Waals surface area contributed by atoms with Gasteiger partial charge in [-0.05, 0) is 17.7 Å². The second kappa shape index (κ2) is 8.69. The van der Waals surface area contributed by atoms with E-state index >= 15 is 0 Å². The molecule has 9 heteroatoms. The van der Waals surface area contributed by atoms with Crippen molar-refractivity contribution in [2.45, 2.75) is 5.75 Å². The summed E-state index contributed by atoms with van der Waals surface area (Å²) >= 11 is 12.2. The molecule has 0 N–H and O–H groups in total. The van der Waals surface area contributed by atoms with Crippen molar-refractivity contribution in [3.8, 4) is 5.75 Å². The molecule has 0 aromatic heterocycles. The Morgan fingerprint density at radius 1 is 1.04 bits per heavy atom. The Kier molecular flexibility index (Phi) is 6.50. The summed E-state index contributed by atoms with van der Waals surface area (Å²) in [6.45, 7) is 1.10. The van der Waals surface area contributed by atoms with E-state index in [0.29, 0.717) is 24.4 Å². The SMILES string of the molecule is COc1c(Cl)cc(C(=O)N2CCN(S(=O)(=O)Cc3ccccc3)CC2)cc1Cl. The van der Waals surface area contributed by atoms with Gasteiger partial charge in [0.25, 0.3) is 5.91 Å². The minimum atomic E-state index is -3.44. The molecule has 0 spiro atoms. The molecule has 0 bridgehead atoms. The van der Waals surface area contributed by atoms with E-state index in [-0.39, 0.29) is 34.8 Å². The maximum Gasteiger partial charge on any atom is 0.254 e. The number of carbonyl (C=O) groups excluding carboxylic acids is 1. The zero-order valence-electron chi connectivity index (χ0n) is 15.3. The summed E-state index contributed by atoms with van der Waals surface area (Å²) < 4.78 is 31.8. The van der Waals surface area contributed by atoms with Gasteiger partial charge in [-0.3, -0.25) is 4.79 Å². The third-order valence-electron chi connectivity index (χ3n) is 4.56. The van der Waals surface area contributed by atoms with Gasteiger partial charge in [-0.15, -0.1) is 0 Å². The first-order valence-electron chi connectivity index (χ1n) is 8.66. The number of hydrogen-bond acceptors (Lipinski definition) is 4. The quantitative estimate of drug-likeness (QED) is 0.712. The van der Waals surface area contributed by atoms with Gasteiger partial charge in [-0.2, -0.15) is 4.31 Å². The number of methoxy groups -OCH3 is 1. The predicted octanol–water partition coefficient (Wildman–Crippen LogP) is 3.29. The highest BCUT2D eigenvalue weighted by molar-refractivity contribution is 7.88. The molecule has 1 aliphatic heterocycles. The van der Waals surface area contributed by atoms with E-state index in [1.54, 1.807) is 17.0 Å². The molecule has 1 aliphatic rings. The highest BCUT2D eigenvalue weighted by Crippen LogP contribution is 2.34. The van der Waals surface area contributed by atoms with Gasteiger partial charge in [0.05, 0.1) is 22.9 Å². The zero-order chi connectivity index (χ0) is 20.3. The number of rotatable bonds is 5. The number of hydrogen-bond donors (Lipinski definition) is 0. The van der Waals surface area contributed by atoms with Crippen LogP contribution in [0.1, 0.15) is 15.9 Å². The molecule has 1 saturated heterocycles. The molecule has 1 heterocycles. The molecule has 2 aromatic rings. The van der Waals surface area contributed by atoms with Gasteiger partial charge < -0.3 is 9.64 Å². The third kappa shape index (κ3) is 4.60. The molecule has 2 aromatic carbocycles. The molecule has 0 saturated carbocycles. The van der Waals surface area contributed by atoms with Crippen LogP contribution in [0, 0.1) is 0 Å². The predicted molar refractivity (Wildman–Crippen MR) is 110 cm³/mol. The van der Waals surface area contributed by atoms with Gasteiger partial charge in [0.2, 0.25) is 10.0 Å². The fourth-order valence-corrected chi connectivity index (χ4v) is 5.26. The highest BCUT2D eigenvalue weighted by Gasteiger charge is 2.29. The molecule has 150 valence electrons. The average Bonchev–Trinajstić information content (AvgIpc) is 2.67. The summed E-state index contributed by atoms with van der Waals surface area (Å²) in [5.41, 5.74) is 1.08. The van der Waals surface area contributed by atoms with Crippen molar-refractivity contribution in [3.05, 3.63) is 63.6 Å². The van der Waals surface area contributed by atoms with Crippen LogP contribution in [0.5, 0.6) is 5.75 Å². The summed E-state index contributed by atoms with van der Waals surface area (Å²) in [5, 5.41) is 0.504. The maximum atomic E-state index is 12.8. The topological polar surface area (TPSA) is 66.9 Å². The van der Waals surface area contributed by atoms with Crippen LogP contribution < -0.4 is 4.74 Å². The molecule has 1 fully saturated rings. The van der Waals surface area contributed by atoms with Crippen LogP contribution in [0.15, 0.2) is 42.5 Å². The van der Waals surface area contributed by atoms with Gasteiger partial charge >= 0.3 is 0 Å². The van der Waals surface area contributed by atoms with Crippen LogP contribution in [-0.2, 0) is 15.8 Å². The number of halogens is 2. The standard InChI is InChI=1S/C19H20Cl2N2O4S/c1-27-18-16(20)11-15(12-17(18)21)19(24)22-7-9-23(10-8-22)28(25,26)13-14-5-3-2-4-6-14/h2-6,11-12H,7-10,13H2,1H3. The molecular formula is C19H20Cl2N2O4S. The van der Waals surface area contributed by atoms with Crippen molar-refractivity contribution < 1.29 is 17.9 Å². The van der Waals surface area contributed by atoms with Crippen LogP contribution in [-0.4, -0.2) is 56.8 Å². The smallest absolute Gasteiger partial charge is 0.254 e. The number of amides is 1. The molecule has 1 amide bonds. The number of piperazine rings is 1. The van der Waals surface area contributed by atoms with E-state index in [1.807, 2.05) is 18.2 Å².